The van der Waals surface area contributed by atoms with Gasteiger partial charge in [-0.25, -0.2) is 4.79 Å². The second kappa shape index (κ2) is 4.81. The Kier molecular flexibility index (Phi) is 3.37. The van der Waals surface area contributed by atoms with Gasteiger partial charge in [0, 0.05) is 19.6 Å². The van der Waals surface area contributed by atoms with Gasteiger partial charge in [0.2, 0.25) is 5.91 Å². The molecule has 1 atom stereocenters. The summed E-state index contributed by atoms with van der Waals surface area (Å²) >= 11 is 0. The molecule has 2 fully saturated rings. The monoisotopic (exact) mass is 257 g/mol. The molecule has 8 heteroatoms. The summed E-state index contributed by atoms with van der Waals surface area (Å²) in [5, 5.41) is 8.74. The first-order valence-corrected chi connectivity index (χ1v) is 5.66. The summed E-state index contributed by atoms with van der Waals surface area (Å²) in [6.45, 7) is 1.09. The van der Waals surface area contributed by atoms with Crippen LogP contribution in [0, 0.1) is 5.92 Å². The lowest BCUT2D eigenvalue weighted by Crippen LogP contribution is -2.63. The van der Waals surface area contributed by atoms with Crippen molar-refractivity contribution in [2.75, 3.05) is 32.8 Å². The van der Waals surface area contributed by atoms with Gasteiger partial charge in [-0.15, -0.1) is 0 Å². The number of aliphatic carboxylic acids is 1. The number of ether oxygens (including phenoxy) is 1. The van der Waals surface area contributed by atoms with E-state index in [1.165, 1.54) is 9.80 Å². The highest BCUT2D eigenvalue weighted by molar-refractivity contribution is 5.87. The molecule has 0 radical (unpaired) electrons. The van der Waals surface area contributed by atoms with Crippen LogP contribution in [0.5, 0.6) is 0 Å². The lowest BCUT2D eigenvalue weighted by molar-refractivity contribution is -0.146. The number of urea groups is 1. The predicted octanol–water partition coefficient (Wildman–Crippen LogP) is -1.69. The van der Waals surface area contributed by atoms with Crippen LogP contribution in [-0.4, -0.2) is 71.7 Å². The third-order valence-electron chi connectivity index (χ3n) is 3.20. The molecule has 100 valence electrons. The van der Waals surface area contributed by atoms with Crippen molar-refractivity contribution >= 4 is 17.9 Å². The topological polar surface area (TPSA) is 113 Å². The van der Waals surface area contributed by atoms with Crippen LogP contribution in [0.2, 0.25) is 0 Å². The smallest absolute Gasteiger partial charge is 0.320 e. The van der Waals surface area contributed by atoms with Crippen LogP contribution in [0.1, 0.15) is 0 Å². The van der Waals surface area contributed by atoms with Crippen molar-refractivity contribution in [3.05, 3.63) is 0 Å². The Bertz CT molecular complexity index is 380. The standard InChI is InChI=1S/C10H15N3O5/c11-8(14)7-5-18-2-1-13(7)10(17)12-3-6(4-12)9(15)16/h6-7H,1-5H2,(H2,11,14)(H,15,16). The predicted molar refractivity (Wildman–Crippen MR) is 58.6 cm³/mol. The molecule has 0 saturated carbocycles. The minimum atomic E-state index is -0.910. The van der Waals surface area contributed by atoms with E-state index in [-0.39, 0.29) is 25.7 Å². The van der Waals surface area contributed by atoms with E-state index in [1.54, 1.807) is 0 Å². The van der Waals surface area contributed by atoms with Gasteiger partial charge < -0.3 is 25.4 Å². The highest BCUT2D eigenvalue weighted by Gasteiger charge is 2.41. The average molecular weight is 257 g/mol. The van der Waals surface area contributed by atoms with Gasteiger partial charge in [0.25, 0.3) is 0 Å². The summed E-state index contributed by atoms with van der Waals surface area (Å²) in [7, 11) is 0. The maximum Gasteiger partial charge on any atom is 0.320 e. The molecule has 1 unspecified atom stereocenters. The highest BCUT2D eigenvalue weighted by atomic mass is 16.5. The number of morpholine rings is 1. The normalized spacial score (nSPS) is 24.6. The van der Waals surface area contributed by atoms with Gasteiger partial charge >= 0.3 is 12.0 Å². The van der Waals surface area contributed by atoms with Crippen molar-refractivity contribution in [3.8, 4) is 0 Å². The minimum Gasteiger partial charge on any atom is -0.481 e. The second-order valence-electron chi connectivity index (χ2n) is 4.41. The highest BCUT2D eigenvalue weighted by Crippen LogP contribution is 2.19. The average Bonchev–Trinajstić information content (AvgIpc) is 2.26. The molecule has 2 aliphatic heterocycles. The van der Waals surface area contributed by atoms with E-state index in [0.717, 1.165) is 0 Å². The van der Waals surface area contributed by atoms with Crippen LogP contribution in [-0.2, 0) is 14.3 Å². The number of nitrogens with two attached hydrogens (primary N) is 1. The van der Waals surface area contributed by atoms with E-state index >= 15 is 0 Å². The number of primary amides is 1. The number of carboxylic acids is 1. The molecule has 0 aromatic rings. The molecule has 0 aliphatic carbocycles. The van der Waals surface area contributed by atoms with Crippen LogP contribution in [0.4, 0.5) is 4.79 Å². The molecule has 0 bridgehead atoms. The van der Waals surface area contributed by atoms with Gasteiger partial charge in [0.05, 0.1) is 19.1 Å². The Labute approximate surface area is 103 Å². The zero-order valence-corrected chi connectivity index (χ0v) is 9.74. The molecule has 0 spiro atoms. The van der Waals surface area contributed by atoms with Crippen molar-refractivity contribution in [1.82, 2.24) is 9.80 Å². The van der Waals surface area contributed by atoms with Gasteiger partial charge in [-0.3, -0.25) is 9.59 Å². The molecule has 3 amide bonds. The largest absolute Gasteiger partial charge is 0.481 e. The van der Waals surface area contributed by atoms with E-state index in [0.29, 0.717) is 13.2 Å². The van der Waals surface area contributed by atoms with Gasteiger partial charge in [-0.05, 0) is 0 Å². The number of nitrogens with zero attached hydrogens (tertiary/aromatic N) is 2. The van der Waals surface area contributed by atoms with Crippen LogP contribution in [0.3, 0.4) is 0 Å². The van der Waals surface area contributed by atoms with Crippen LogP contribution in [0.25, 0.3) is 0 Å². The SMILES string of the molecule is NC(=O)C1COCCN1C(=O)N1CC(C(=O)O)C1. The van der Waals surface area contributed by atoms with Crippen LogP contribution in [0.15, 0.2) is 0 Å². The molecule has 3 N–H and O–H groups in total. The molecule has 0 aromatic carbocycles. The summed E-state index contributed by atoms with van der Waals surface area (Å²) in [6.07, 6.45) is 0. The second-order valence-corrected chi connectivity index (χ2v) is 4.41. The molecule has 8 nitrogen and oxygen atoms in total. The maximum atomic E-state index is 12.1. The first-order chi connectivity index (χ1) is 8.50. The zero-order chi connectivity index (χ0) is 13.3. The number of hydrogen-bond acceptors (Lipinski definition) is 4. The van der Waals surface area contributed by atoms with Crippen molar-refractivity contribution in [3.63, 3.8) is 0 Å². The Hall–Kier alpha value is -1.83. The molecule has 18 heavy (non-hydrogen) atoms. The van der Waals surface area contributed by atoms with Crippen molar-refractivity contribution in [1.29, 1.82) is 0 Å². The van der Waals surface area contributed by atoms with E-state index in [4.69, 9.17) is 15.6 Å². The van der Waals surface area contributed by atoms with Gasteiger partial charge in [0.15, 0.2) is 0 Å². The fraction of sp³-hybridized carbons (Fsp3) is 0.700. The first kappa shape index (κ1) is 12.6. The van der Waals surface area contributed by atoms with Gasteiger partial charge in [-0.2, -0.15) is 0 Å². The molecular formula is C10H15N3O5. The minimum absolute atomic E-state index is 0.0945. The number of rotatable bonds is 2. The fourth-order valence-electron chi connectivity index (χ4n) is 2.04. The summed E-state index contributed by atoms with van der Waals surface area (Å²) in [4.78, 5) is 36.7. The van der Waals surface area contributed by atoms with Crippen LogP contribution >= 0.6 is 0 Å². The Morgan fingerprint density at radius 2 is 1.94 bits per heavy atom. The van der Waals surface area contributed by atoms with Crippen LogP contribution < -0.4 is 5.73 Å². The molecule has 2 aliphatic rings. The van der Waals surface area contributed by atoms with E-state index in [1.807, 2.05) is 0 Å². The Morgan fingerprint density at radius 3 is 2.50 bits per heavy atom. The van der Waals surface area contributed by atoms with E-state index in [2.05, 4.69) is 0 Å². The molecular weight excluding hydrogens is 242 g/mol. The molecule has 2 heterocycles. The summed E-state index contributed by atoms with van der Waals surface area (Å²) in [6, 6.07) is -1.12. The summed E-state index contributed by atoms with van der Waals surface area (Å²) in [5.41, 5.74) is 5.21. The van der Waals surface area contributed by atoms with E-state index in [9.17, 15) is 14.4 Å². The number of amides is 3. The van der Waals surface area contributed by atoms with Crippen molar-refractivity contribution in [2.24, 2.45) is 11.7 Å². The van der Waals surface area contributed by atoms with Crippen molar-refractivity contribution in [2.45, 2.75) is 6.04 Å². The molecule has 0 aromatic heterocycles. The number of likely N-dealkylation sites (tertiary alicyclic amines) is 1. The number of hydrogen-bond donors (Lipinski definition) is 2. The maximum absolute atomic E-state index is 12.1. The first-order valence-electron chi connectivity index (χ1n) is 5.66. The third-order valence-corrected chi connectivity index (χ3v) is 3.20. The summed E-state index contributed by atoms with van der Waals surface area (Å²) < 4.78 is 5.11. The fourth-order valence-corrected chi connectivity index (χ4v) is 2.04. The van der Waals surface area contributed by atoms with E-state index < -0.39 is 23.8 Å². The zero-order valence-electron chi connectivity index (χ0n) is 9.74. The number of carbonyl (C=O) groups is 3. The summed E-state index contributed by atoms with van der Waals surface area (Å²) in [5.74, 6) is -2.03. The Balaban J connectivity index is 1.96. The third kappa shape index (κ3) is 2.23. The van der Waals surface area contributed by atoms with Gasteiger partial charge in [-0.1, -0.05) is 0 Å². The Morgan fingerprint density at radius 1 is 1.28 bits per heavy atom. The quantitative estimate of drug-likeness (QED) is 0.612. The molecule has 2 rings (SSSR count). The number of carbonyl (C=O) groups excluding carboxylic acids is 2. The lowest BCUT2D eigenvalue weighted by Gasteiger charge is -2.42. The number of carboxylic acid groups (broad SMARTS) is 1. The molecule has 2 saturated heterocycles. The lowest BCUT2D eigenvalue weighted by atomic mass is 10.0. The van der Waals surface area contributed by atoms with Gasteiger partial charge in [0.1, 0.15) is 6.04 Å². The van der Waals surface area contributed by atoms with Crippen molar-refractivity contribution < 1.29 is 24.2 Å².